The highest BCUT2D eigenvalue weighted by Gasteiger charge is 2.25. The summed E-state index contributed by atoms with van der Waals surface area (Å²) in [7, 11) is -2.26. The average Bonchev–Trinajstić information content (AvgIpc) is 2.87. The number of carbonyl (C=O) groups is 1. The normalized spacial score (nSPS) is 14.0. The summed E-state index contributed by atoms with van der Waals surface area (Å²) in [5.41, 5.74) is 1.68. The summed E-state index contributed by atoms with van der Waals surface area (Å²) in [4.78, 5) is 16.9. The van der Waals surface area contributed by atoms with Crippen LogP contribution in [-0.2, 0) is 16.6 Å². The highest BCUT2D eigenvalue weighted by molar-refractivity contribution is 7.92. The molecule has 0 aromatic heterocycles. The van der Waals surface area contributed by atoms with Crippen LogP contribution in [0.4, 0.5) is 20.2 Å². The zero-order chi connectivity index (χ0) is 25.9. The number of carbonyl (C=O) groups excluding carboxylic acids is 1. The van der Waals surface area contributed by atoms with Gasteiger partial charge in [-0.3, -0.25) is 9.10 Å². The van der Waals surface area contributed by atoms with E-state index < -0.39 is 15.8 Å². The molecule has 0 atom stereocenters. The van der Waals surface area contributed by atoms with Crippen molar-refractivity contribution in [2.75, 3.05) is 48.7 Å². The van der Waals surface area contributed by atoms with Gasteiger partial charge >= 0.3 is 0 Å². The molecule has 0 radical (unpaired) electrons. The van der Waals surface area contributed by atoms with Crippen LogP contribution in [0.15, 0.2) is 66.7 Å². The fraction of sp³-hybridized carbons (Fsp3) is 0.269. The number of methoxy groups -OCH3 is 1. The Hall–Kier alpha value is -3.66. The number of ether oxygens (including phenoxy) is 1. The maximum absolute atomic E-state index is 14.1. The van der Waals surface area contributed by atoms with E-state index in [0.717, 1.165) is 10.6 Å². The summed E-state index contributed by atoms with van der Waals surface area (Å²) in [6.45, 7) is 1.71. The highest BCUT2D eigenvalue weighted by atomic mass is 32.2. The molecule has 3 aromatic rings. The molecule has 0 N–H and O–H groups in total. The molecule has 0 saturated carbocycles. The molecule has 1 aliphatic heterocycles. The standard InChI is InChI=1S/C26H27F2N3O4S/c1-35-25-12-7-19(17-20(25)18-31(36(2,33)34)22-10-8-21(27)9-11-22)26(32)30-15-13-29(14-16-30)24-6-4-3-5-23(24)28/h3-12,17H,13-16,18H2,1-2H3. The molecule has 36 heavy (non-hydrogen) atoms. The van der Waals surface area contributed by atoms with Crippen LogP contribution >= 0.6 is 0 Å². The van der Waals surface area contributed by atoms with Crippen molar-refractivity contribution in [3.05, 3.63) is 89.5 Å². The monoisotopic (exact) mass is 515 g/mol. The van der Waals surface area contributed by atoms with E-state index in [0.29, 0.717) is 54.4 Å². The van der Waals surface area contributed by atoms with Crippen molar-refractivity contribution in [3.8, 4) is 5.75 Å². The second-order valence-electron chi connectivity index (χ2n) is 8.50. The summed E-state index contributed by atoms with van der Waals surface area (Å²) in [5, 5.41) is 0. The van der Waals surface area contributed by atoms with Crippen LogP contribution in [0.25, 0.3) is 0 Å². The smallest absolute Gasteiger partial charge is 0.253 e. The van der Waals surface area contributed by atoms with Crippen LogP contribution in [0.2, 0.25) is 0 Å². The molecule has 0 bridgehead atoms. The molecule has 0 aliphatic carbocycles. The van der Waals surface area contributed by atoms with Crippen LogP contribution in [-0.4, -0.2) is 58.8 Å². The molecule has 0 spiro atoms. The van der Waals surface area contributed by atoms with Crippen LogP contribution in [0, 0.1) is 11.6 Å². The summed E-state index contributed by atoms with van der Waals surface area (Å²) in [5.74, 6) is -0.562. The number of rotatable bonds is 7. The first-order valence-electron chi connectivity index (χ1n) is 11.4. The Morgan fingerprint density at radius 3 is 2.25 bits per heavy atom. The van der Waals surface area contributed by atoms with E-state index >= 15 is 0 Å². The molecular formula is C26H27F2N3O4S. The topological polar surface area (TPSA) is 70.2 Å². The van der Waals surface area contributed by atoms with Gasteiger partial charge < -0.3 is 14.5 Å². The van der Waals surface area contributed by atoms with Crippen molar-refractivity contribution >= 4 is 27.3 Å². The van der Waals surface area contributed by atoms with E-state index in [4.69, 9.17) is 4.74 Å². The lowest BCUT2D eigenvalue weighted by Gasteiger charge is -2.36. The Morgan fingerprint density at radius 2 is 1.64 bits per heavy atom. The van der Waals surface area contributed by atoms with Gasteiger partial charge in [-0.1, -0.05) is 12.1 Å². The Morgan fingerprint density at radius 1 is 0.972 bits per heavy atom. The quantitative estimate of drug-likeness (QED) is 0.478. The third-order valence-corrected chi connectivity index (χ3v) is 7.26. The highest BCUT2D eigenvalue weighted by Crippen LogP contribution is 2.28. The van der Waals surface area contributed by atoms with E-state index in [1.54, 1.807) is 41.3 Å². The van der Waals surface area contributed by atoms with Gasteiger partial charge in [0.05, 0.1) is 31.3 Å². The van der Waals surface area contributed by atoms with Crippen LogP contribution in [0.3, 0.4) is 0 Å². The van der Waals surface area contributed by atoms with Crippen molar-refractivity contribution in [2.24, 2.45) is 0 Å². The molecule has 1 amide bonds. The largest absolute Gasteiger partial charge is 0.496 e. The minimum atomic E-state index is -3.72. The fourth-order valence-electron chi connectivity index (χ4n) is 4.24. The molecular weight excluding hydrogens is 488 g/mol. The van der Waals surface area contributed by atoms with E-state index in [-0.39, 0.29) is 18.3 Å². The molecule has 3 aromatic carbocycles. The molecule has 4 rings (SSSR count). The first-order valence-corrected chi connectivity index (χ1v) is 13.2. The molecule has 1 saturated heterocycles. The van der Waals surface area contributed by atoms with Crippen molar-refractivity contribution < 1.29 is 26.7 Å². The summed E-state index contributed by atoms with van der Waals surface area (Å²) in [6, 6.07) is 16.6. The number of para-hydroxylation sites is 1. The molecule has 1 heterocycles. The summed E-state index contributed by atoms with van der Waals surface area (Å²) >= 11 is 0. The predicted molar refractivity (Wildman–Crippen MR) is 135 cm³/mol. The first kappa shape index (κ1) is 25.4. The van der Waals surface area contributed by atoms with E-state index in [2.05, 4.69) is 0 Å². The zero-order valence-corrected chi connectivity index (χ0v) is 20.8. The van der Waals surface area contributed by atoms with Crippen LogP contribution < -0.4 is 13.9 Å². The number of nitrogens with zero attached hydrogens (tertiary/aromatic N) is 3. The molecule has 7 nitrogen and oxygen atoms in total. The van der Waals surface area contributed by atoms with Crippen molar-refractivity contribution in [3.63, 3.8) is 0 Å². The van der Waals surface area contributed by atoms with Crippen LogP contribution in [0.1, 0.15) is 15.9 Å². The second-order valence-corrected chi connectivity index (χ2v) is 10.4. The van der Waals surface area contributed by atoms with Crippen molar-refractivity contribution in [1.82, 2.24) is 4.90 Å². The Kier molecular flexibility index (Phi) is 7.44. The van der Waals surface area contributed by atoms with Gasteiger partial charge in [-0.2, -0.15) is 0 Å². The van der Waals surface area contributed by atoms with Crippen LogP contribution in [0.5, 0.6) is 5.75 Å². The lowest BCUT2D eigenvalue weighted by molar-refractivity contribution is 0.0746. The van der Waals surface area contributed by atoms with Gasteiger partial charge in [0.1, 0.15) is 17.4 Å². The molecule has 0 unspecified atom stereocenters. The molecule has 190 valence electrons. The van der Waals surface area contributed by atoms with Gasteiger partial charge in [-0.05, 0) is 54.6 Å². The molecule has 10 heteroatoms. The van der Waals surface area contributed by atoms with Gasteiger partial charge in [-0.15, -0.1) is 0 Å². The van der Waals surface area contributed by atoms with Gasteiger partial charge in [0.15, 0.2) is 0 Å². The number of hydrogen-bond donors (Lipinski definition) is 0. The minimum absolute atomic E-state index is 0.101. The van der Waals surface area contributed by atoms with E-state index in [1.807, 2.05) is 4.90 Å². The SMILES string of the molecule is COc1ccc(C(=O)N2CCN(c3ccccc3F)CC2)cc1CN(c1ccc(F)cc1)S(C)(=O)=O. The van der Waals surface area contributed by atoms with E-state index in [1.165, 1.54) is 37.4 Å². The second kappa shape index (κ2) is 10.5. The Labute approximate surface area is 209 Å². The number of benzene rings is 3. The third kappa shape index (κ3) is 5.59. The maximum atomic E-state index is 14.1. The van der Waals surface area contributed by atoms with Gasteiger partial charge in [0, 0.05) is 37.3 Å². The fourth-order valence-corrected chi connectivity index (χ4v) is 5.12. The van der Waals surface area contributed by atoms with Gasteiger partial charge in [-0.25, -0.2) is 17.2 Å². The number of piperazine rings is 1. The summed E-state index contributed by atoms with van der Waals surface area (Å²) in [6.07, 6.45) is 1.06. The number of hydrogen-bond acceptors (Lipinski definition) is 5. The molecule has 1 fully saturated rings. The number of anilines is 2. The predicted octanol–water partition coefficient (Wildman–Crippen LogP) is 3.90. The lowest BCUT2D eigenvalue weighted by Crippen LogP contribution is -2.49. The first-order chi connectivity index (χ1) is 17.2. The molecule has 1 aliphatic rings. The van der Waals surface area contributed by atoms with E-state index in [9.17, 15) is 22.0 Å². The number of halogens is 2. The average molecular weight is 516 g/mol. The maximum Gasteiger partial charge on any atom is 0.253 e. The van der Waals surface area contributed by atoms with Gasteiger partial charge in [0.25, 0.3) is 5.91 Å². The van der Waals surface area contributed by atoms with Crippen molar-refractivity contribution in [1.29, 1.82) is 0 Å². The number of amides is 1. The minimum Gasteiger partial charge on any atom is -0.496 e. The number of sulfonamides is 1. The lowest BCUT2D eigenvalue weighted by atomic mass is 10.1. The third-order valence-electron chi connectivity index (χ3n) is 6.12. The zero-order valence-electron chi connectivity index (χ0n) is 20.0. The van der Waals surface area contributed by atoms with Gasteiger partial charge in [0.2, 0.25) is 10.0 Å². The van der Waals surface area contributed by atoms with Crippen molar-refractivity contribution in [2.45, 2.75) is 6.54 Å². The Bertz CT molecular complexity index is 1340. The Balaban J connectivity index is 1.54. The summed E-state index contributed by atoms with van der Waals surface area (Å²) < 4.78 is 59.2.